The van der Waals surface area contributed by atoms with Gasteiger partial charge >= 0.3 is 0 Å². The number of nitrogens with one attached hydrogen (secondary N) is 1. The summed E-state index contributed by atoms with van der Waals surface area (Å²) in [5.41, 5.74) is 1.54. The molecule has 1 amide bonds. The predicted octanol–water partition coefficient (Wildman–Crippen LogP) is 3.02. The van der Waals surface area contributed by atoms with Crippen LogP contribution in [-0.2, 0) is 11.2 Å². The van der Waals surface area contributed by atoms with E-state index in [4.69, 9.17) is 0 Å². The fourth-order valence-corrected chi connectivity index (χ4v) is 2.84. The smallest absolute Gasteiger partial charge is 0.245 e. The van der Waals surface area contributed by atoms with Gasteiger partial charge in [0.25, 0.3) is 0 Å². The van der Waals surface area contributed by atoms with Gasteiger partial charge < -0.3 is 5.32 Å². The number of nitrogens with zero attached hydrogens (tertiary/aromatic N) is 1. The van der Waals surface area contributed by atoms with Crippen molar-refractivity contribution < 1.29 is 9.59 Å². The molecule has 1 aromatic carbocycles. The minimum absolute atomic E-state index is 0.104. The summed E-state index contributed by atoms with van der Waals surface area (Å²) in [4.78, 5) is 24.6. The highest BCUT2D eigenvalue weighted by Crippen LogP contribution is 2.18. The van der Waals surface area contributed by atoms with Crippen molar-refractivity contribution in [1.29, 1.82) is 5.26 Å². The minimum Gasteiger partial charge on any atom is -0.352 e. The summed E-state index contributed by atoms with van der Waals surface area (Å²) in [6.07, 6.45) is 6.13. The Morgan fingerprint density at radius 1 is 1.23 bits per heavy atom. The van der Waals surface area contributed by atoms with E-state index in [1.807, 2.05) is 25.1 Å². The van der Waals surface area contributed by atoms with Gasteiger partial charge in [0.1, 0.15) is 0 Å². The molecule has 1 N–H and O–H groups in total. The van der Waals surface area contributed by atoms with Gasteiger partial charge in [-0.15, -0.1) is 0 Å². The molecule has 0 aromatic heterocycles. The Kier molecular flexibility index (Phi) is 5.71. The van der Waals surface area contributed by atoms with Crippen LogP contribution in [0.3, 0.4) is 0 Å². The van der Waals surface area contributed by atoms with E-state index in [0.717, 1.165) is 37.7 Å². The number of rotatable bonds is 5. The summed E-state index contributed by atoms with van der Waals surface area (Å²) >= 11 is 0. The van der Waals surface area contributed by atoms with E-state index in [1.165, 1.54) is 6.42 Å². The van der Waals surface area contributed by atoms with Crippen LogP contribution in [0.1, 0.15) is 54.9 Å². The van der Waals surface area contributed by atoms with Crippen LogP contribution >= 0.6 is 0 Å². The number of nitriles is 1. The van der Waals surface area contributed by atoms with Gasteiger partial charge in [0.15, 0.2) is 11.7 Å². The lowest BCUT2D eigenvalue weighted by Gasteiger charge is -2.23. The second-order valence-corrected chi connectivity index (χ2v) is 5.82. The van der Waals surface area contributed by atoms with Crippen LogP contribution < -0.4 is 5.32 Å². The molecule has 1 aliphatic carbocycles. The van der Waals surface area contributed by atoms with Gasteiger partial charge in [0.2, 0.25) is 5.91 Å². The lowest BCUT2D eigenvalue weighted by Crippen LogP contribution is -2.42. The largest absolute Gasteiger partial charge is 0.352 e. The van der Waals surface area contributed by atoms with Crippen LogP contribution in [0.25, 0.3) is 0 Å². The first kappa shape index (κ1) is 16.2. The minimum atomic E-state index is -1.26. The zero-order valence-corrected chi connectivity index (χ0v) is 13.0. The second kappa shape index (κ2) is 7.74. The zero-order valence-electron chi connectivity index (χ0n) is 13.0. The number of hydrogen-bond donors (Lipinski definition) is 1. The maximum Gasteiger partial charge on any atom is 0.245 e. The molecule has 1 atom stereocenters. The van der Waals surface area contributed by atoms with Crippen LogP contribution in [0.5, 0.6) is 0 Å². The number of carbonyl (C=O) groups is 2. The zero-order chi connectivity index (χ0) is 15.9. The third kappa shape index (κ3) is 3.94. The molecule has 4 heteroatoms. The summed E-state index contributed by atoms with van der Waals surface area (Å²) in [6, 6.07) is 9.07. The Morgan fingerprint density at radius 3 is 2.41 bits per heavy atom. The maximum atomic E-state index is 12.4. The first-order valence-corrected chi connectivity index (χ1v) is 7.99. The van der Waals surface area contributed by atoms with Crippen molar-refractivity contribution in [2.24, 2.45) is 5.92 Å². The van der Waals surface area contributed by atoms with Crippen molar-refractivity contribution >= 4 is 11.7 Å². The van der Waals surface area contributed by atoms with E-state index in [2.05, 4.69) is 5.32 Å². The van der Waals surface area contributed by atoms with Crippen LogP contribution in [0.4, 0.5) is 0 Å². The Morgan fingerprint density at radius 2 is 1.86 bits per heavy atom. The van der Waals surface area contributed by atoms with Crippen molar-refractivity contribution in [3.8, 4) is 6.07 Å². The molecular formula is C18H22N2O2. The molecule has 0 bridgehead atoms. The van der Waals surface area contributed by atoms with Crippen LogP contribution in [0, 0.1) is 17.2 Å². The van der Waals surface area contributed by atoms with Crippen molar-refractivity contribution in [3.05, 3.63) is 35.4 Å². The molecule has 0 spiro atoms. The monoisotopic (exact) mass is 298 g/mol. The summed E-state index contributed by atoms with van der Waals surface area (Å²) in [6.45, 7) is 2.03. The Labute approximate surface area is 131 Å². The van der Waals surface area contributed by atoms with Crippen molar-refractivity contribution in [1.82, 2.24) is 5.32 Å². The summed E-state index contributed by atoms with van der Waals surface area (Å²) < 4.78 is 0. The molecule has 1 aromatic rings. The normalized spacial score (nSPS) is 16.5. The number of amides is 1. The number of Topliss-reactive ketones (excluding diaryl/α,β-unsaturated/α-hetero) is 1. The van der Waals surface area contributed by atoms with Crippen LogP contribution in [0.15, 0.2) is 24.3 Å². The number of ketones is 1. The average Bonchev–Trinajstić information content (AvgIpc) is 2.56. The molecule has 0 radical (unpaired) electrons. The molecule has 1 fully saturated rings. The first-order valence-electron chi connectivity index (χ1n) is 7.99. The number of aryl methyl sites for hydroxylation is 1. The molecule has 0 aliphatic heterocycles. The van der Waals surface area contributed by atoms with E-state index in [1.54, 1.807) is 12.1 Å². The van der Waals surface area contributed by atoms with Gasteiger partial charge in [0, 0.05) is 11.6 Å². The van der Waals surface area contributed by atoms with Gasteiger partial charge in [-0.25, -0.2) is 0 Å². The SMILES string of the molecule is CCc1ccc(C(=O)[C@@H](C#N)C(=O)NC2CCCCC2)cc1. The maximum absolute atomic E-state index is 12.4. The third-order valence-corrected chi connectivity index (χ3v) is 4.25. The average molecular weight is 298 g/mol. The lowest BCUT2D eigenvalue weighted by atomic mass is 9.93. The predicted molar refractivity (Wildman–Crippen MR) is 84.3 cm³/mol. The number of carbonyl (C=O) groups excluding carboxylic acids is 2. The topological polar surface area (TPSA) is 70.0 Å². The van der Waals surface area contributed by atoms with E-state index in [0.29, 0.717) is 5.56 Å². The highest BCUT2D eigenvalue weighted by molar-refractivity contribution is 6.12. The lowest BCUT2D eigenvalue weighted by molar-refractivity contribution is -0.123. The Bertz CT molecular complexity index is 566. The quantitative estimate of drug-likeness (QED) is 0.671. The highest BCUT2D eigenvalue weighted by atomic mass is 16.2. The van der Waals surface area contributed by atoms with E-state index in [-0.39, 0.29) is 6.04 Å². The molecule has 2 rings (SSSR count). The second-order valence-electron chi connectivity index (χ2n) is 5.82. The summed E-state index contributed by atoms with van der Waals surface area (Å²) in [5.74, 6) is -2.13. The Balaban J connectivity index is 2.04. The van der Waals surface area contributed by atoms with Gasteiger partial charge in [-0.1, -0.05) is 50.5 Å². The number of benzene rings is 1. The van der Waals surface area contributed by atoms with E-state index < -0.39 is 17.6 Å². The van der Waals surface area contributed by atoms with Crippen molar-refractivity contribution in [2.75, 3.05) is 0 Å². The number of hydrogen-bond acceptors (Lipinski definition) is 3. The molecule has 1 aliphatic rings. The van der Waals surface area contributed by atoms with E-state index in [9.17, 15) is 14.9 Å². The molecular weight excluding hydrogens is 276 g/mol. The van der Waals surface area contributed by atoms with Crippen LogP contribution in [0.2, 0.25) is 0 Å². The Hall–Kier alpha value is -2.15. The summed E-state index contributed by atoms with van der Waals surface area (Å²) in [7, 11) is 0. The fraction of sp³-hybridized carbons (Fsp3) is 0.500. The molecule has 0 heterocycles. The highest BCUT2D eigenvalue weighted by Gasteiger charge is 2.29. The van der Waals surface area contributed by atoms with Crippen LogP contribution in [-0.4, -0.2) is 17.7 Å². The standard InChI is InChI=1S/C18H22N2O2/c1-2-13-8-10-14(11-9-13)17(21)16(12-19)18(22)20-15-6-4-3-5-7-15/h8-11,15-16H,2-7H2,1H3,(H,20,22)/t16-/m1/s1. The fourth-order valence-electron chi connectivity index (χ4n) is 2.84. The molecule has 1 saturated carbocycles. The third-order valence-electron chi connectivity index (χ3n) is 4.25. The van der Waals surface area contributed by atoms with Gasteiger partial charge in [-0.2, -0.15) is 5.26 Å². The summed E-state index contributed by atoms with van der Waals surface area (Å²) in [5, 5.41) is 12.1. The van der Waals surface area contributed by atoms with Gasteiger partial charge in [0.05, 0.1) is 6.07 Å². The first-order chi connectivity index (χ1) is 10.7. The van der Waals surface area contributed by atoms with Crippen molar-refractivity contribution in [3.63, 3.8) is 0 Å². The molecule has 0 saturated heterocycles. The molecule has 22 heavy (non-hydrogen) atoms. The van der Waals surface area contributed by atoms with E-state index >= 15 is 0 Å². The van der Waals surface area contributed by atoms with Gasteiger partial charge in [-0.05, 0) is 24.8 Å². The molecule has 0 unspecified atom stereocenters. The molecule has 116 valence electrons. The molecule has 4 nitrogen and oxygen atoms in total. The van der Waals surface area contributed by atoms with Gasteiger partial charge in [-0.3, -0.25) is 9.59 Å². The van der Waals surface area contributed by atoms with Crippen molar-refractivity contribution in [2.45, 2.75) is 51.5 Å².